The Morgan fingerprint density at radius 2 is 2.06 bits per heavy atom. The fourth-order valence-electron chi connectivity index (χ4n) is 1.75. The van der Waals surface area contributed by atoms with E-state index in [1.807, 2.05) is 6.07 Å². The monoisotopic (exact) mass is 252 g/mol. The summed E-state index contributed by atoms with van der Waals surface area (Å²) in [5, 5.41) is 8.89. The van der Waals surface area contributed by atoms with Gasteiger partial charge in [0, 0.05) is 12.8 Å². The van der Waals surface area contributed by atoms with Gasteiger partial charge in [-0.25, -0.2) is 20.9 Å². The van der Waals surface area contributed by atoms with Crippen molar-refractivity contribution in [1.82, 2.24) is 4.98 Å². The molecule has 0 bridgehead atoms. The van der Waals surface area contributed by atoms with Crippen LogP contribution in [0.5, 0.6) is 0 Å². The molecule has 0 amide bonds. The fraction of sp³-hybridized carbons (Fsp3) is 0.400. The maximum Gasteiger partial charge on any atom is 2.00 e. The van der Waals surface area contributed by atoms with Gasteiger partial charge >= 0.3 is 23.1 Å². The minimum atomic E-state index is -2.71. The van der Waals surface area contributed by atoms with Crippen LogP contribution < -0.4 is 12.4 Å². The quantitative estimate of drug-likeness (QED) is 0.460. The van der Waals surface area contributed by atoms with Crippen LogP contribution in [-0.4, -0.2) is 34.0 Å². The Bertz CT molecular complexity index is 384. The van der Waals surface area contributed by atoms with Crippen molar-refractivity contribution in [2.75, 3.05) is 0 Å². The molecule has 0 unspecified atom stereocenters. The Hall–Kier alpha value is -0.444. The molecular weight excluding hydrogens is 246 g/mol. The third kappa shape index (κ3) is 2.62. The Balaban J connectivity index is 0.00000112. The molecule has 16 heavy (non-hydrogen) atoms. The molecule has 1 aromatic heterocycles. The molecule has 1 fully saturated rings. The molecule has 0 spiro atoms. The van der Waals surface area contributed by atoms with Crippen LogP contribution in [0, 0.1) is 17.4 Å². The van der Waals surface area contributed by atoms with Gasteiger partial charge in [0.2, 0.25) is 0 Å². The second-order valence-corrected chi connectivity index (χ2v) is 3.55. The van der Waals surface area contributed by atoms with Gasteiger partial charge in [-0.3, -0.25) is 4.98 Å². The van der Waals surface area contributed by atoms with Crippen LogP contribution in [0.2, 0.25) is 0 Å². The molecule has 80 valence electrons. The molecule has 0 aliphatic heterocycles. The first-order valence-electron chi connectivity index (χ1n) is 4.20. The van der Waals surface area contributed by atoms with Crippen molar-refractivity contribution in [3.63, 3.8) is 0 Å². The molecule has 1 aliphatic rings. The topological polar surface area (TPSA) is 36.7 Å². The van der Waals surface area contributed by atoms with Gasteiger partial charge in [-0.05, 0) is 5.69 Å². The molecule has 0 N–H and O–H groups in total. The minimum Gasteiger partial charge on any atom is -1.00 e. The first kappa shape index (κ1) is 15.6. The van der Waals surface area contributed by atoms with Crippen LogP contribution in [0.4, 0.5) is 8.78 Å². The Labute approximate surface area is 115 Å². The molecule has 1 saturated carbocycles. The van der Waals surface area contributed by atoms with Gasteiger partial charge in [0.1, 0.15) is 0 Å². The van der Waals surface area contributed by atoms with Crippen molar-refractivity contribution in [1.29, 1.82) is 5.26 Å². The standard InChI is InChI=1S/C10H7F2N2.ClH.Mg/c11-10(12)5-9(6-10,7-13)8-3-1-2-4-14-8;;/h1,3-4H,5-6H2;1H;/q-1;;+2/p-1. The van der Waals surface area contributed by atoms with Crippen LogP contribution in [0.3, 0.4) is 0 Å². The molecule has 2 rings (SSSR count). The maximum absolute atomic E-state index is 12.7. The van der Waals surface area contributed by atoms with Crippen LogP contribution in [0.25, 0.3) is 0 Å². The van der Waals surface area contributed by atoms with E-state index in [9.17, 15) is 8.78 Å². The minimum absolute atomic E-state index is 0. The zero-order valence-electron chi connectivity index (χ0n) is 8.38. The average molecular weight is 253 g/mol. The molecule has 0 atom stereocenters. The molecule has 0 aromatic carbocycles. The van der Waals surface area contributed by atoms with Crippen molar-refractivity contribution in [2.24, 2.45) is 0 Å². The van der Waals surface area contributed by atoms with Crippen LogP contribution >= 0.6 is 0 Å². The van der Waals surface area contributed by atoms with Crippen molar-refractivity contribution in [3.05, 3.63) is 30.1 Å². The van der Waals surface area contributed by atoms with Crippen LogP contribution in [0.15, 0.2) is 18.3 Å². The number of alkyl halides is 2. The normalized spacial score (nSPS) is 19.3. The summed E-state index contributed by atoms with van der Waals surface area (Å²) >= 11 is 0. The summed E-state index contributed by atoms with van der Waals surface area (Å²) in [5.74, 6) is -2.71. The molecule has 0 saturated heterocycles. The predicted octanol–water partition coefficient (Wildman–Crippen LogP) is -1.30. The van der Waals surface area contributed by atoms with E-state index < -0.39 is 24.2 Å². The first-order valence-corrected chi connectivity index (χ1v) is 4.20. The van der Waals surface area contributed by atoms with Gasteiger partial charge in [-0.2, -0.15) is 11.3 Å². The van der Waals surface area contributed by atoms with Gasteiger partial charge in [0.25, 0.3) is 5.92 Å². The van der Waals surface area contributed by atoms with Gasteiger partial charge in [0.05, 0.1) is 11.5 Å². The van der Waals surface area contributed by atoms with E-state index in [0.29, 0.717) is 5.69 Å². The Morgan fingerprint density at radius 1 is 1.44 bits per heavy atom. The van der Waals surface area contributed by atoms with Crippen LogP contribution in [-0.2, 0) is 5.41 Å². The number of nitrogens with zero attached hydrogens (tertiary/aromatic N) is 2. The first-order chi connectivity index (χ1) is 6.58. The fourth-order valence-corrected chi connectivity index (χ4v) is 1.75. The number of aromatic nitrogens is 1. The van der Waals surface area contributed by atoms with Crippen molar-refractivity contribution in [3.8, 4) is 6.07 Å². The SMILES string of the molecule is N#CC1(c2cc[c-]cn2)CC(F)(F)C1.[Cl-].[Mg+2]. The number of hydrogen-bond acceptors (Lipinski definition) is 2. The summed E-state index contributed by atoms with van der Waals surface area (Å²) in [7, 11) is 0. The number of rotatable bonds is 1. The second-order valence-electron chi connectivity index (χ2n) is 3.55. The van der Waals surface area contributed by atoms with Crippen LogP contribution in [0.1, 0.15) is 18.5 Å². The number of pyridine rings is 1. The Morgan fingerprint density at radius 3 is 2.44 bits per heavy atom. The van der Waals surface area contributed by atoms with Gasteiger partial charge in [-0.1, -0.05) is 6.20 Å². The third-order valence-electron chi connectivity index (χ3n) is 2.44. The number of nitriles is 1. The maximum atomic E-state index is 12.7. The molecule has 2 nitrogen and oxygen atoms in total. The van der Waals surface area contributed by atoms with Gasteiger partial charge in [-0.15, -0.1) is 0 Å². The van der Waals surface area contributed by atoms with Crippen molar-refractivity contribution < 1.29 is 21.2 Å². The van der Waals surface area contributed by atoms with E-state index in [1.165, 1.54) is 6.20 Å². The average Bonchev–Trinajstić information content (AvgIpc) is 2.15. The molecule has 1 aromatic rings. The Kier molecular flexibility index (Phi) is 5.11. The van der Waals surface area contributed by atoms with Crippen molar-refractivity contribution >= 4 is 23.1 Å². The summed E-state index contributed by atoms with van der Waals surface area (Å²) in [5.41, 5.74) is -0.664. The predicted molar refractivity (Wildman–Crippen MR) is 50.3 cm³/mol. The zero-order chi connectivity index (χ0) is 10.2. The van der Waals surface area contributed by atoms with E-state index in [0.717, 1.165) is 0 Å². The summed E-state index contributed by atoms with van der Waals surface area (Å²) in [6, 6.07) is 7.77. The zero-order valence-corrected chi connectivity index (χ0v) is 10.6. The third-order valence-corrected chi connectivity index (χ3v) is 2.44. The summed E-state index contributed by atoms with van der Waals surface area (Å²) in [6.45, 7) is 0. The molecular formula is C10H7ClF2MgN2. The molecule has 1 heterocycles. The van der Waals surface area contributed by atoms with E-state index in [4.69, 9.17) is 5.26 Å². The van der Waals surface area contributed by atoms with E-state index in [1.54, 1.807) is 12.1 Å². The largest absolute Gasteiger partial charge is 2.00 e. The number of hydrogen-bond donors (Lipinski definition) is 0. The van der Waals surface area contributed by atoms with E-state index in [2.05, 4.69) is 11.1 Å². The van der Waals surface area contributed by atoms with Gasteiger partial charge in [0.15, 0.2) is 0 Å². The summed E-state index contributed by atoms with van der Waals surface area (Å²) < 4.78 is 25.4. The smallest absolute Gasteiger partial charge is 1.00 e. The van der Waals surface area contributed by atoms with Crippen molar-refractivity contribution in [2.45, 2.75) is 24.2 Å². The summed E-state index contributed by atoms with van der Waals surface area (Å²) in [6.07, 6.45) is 0.548. The van der Waals surface area contributed by atoms with E-state index >= 15 is 0 Å². The molecule has 6 heteroatoms. The molecule has 1 aliphatic carbocycles. The number of halogens is 3. The van der Waals surface area contributed by atoms with E-state index in [-0.39, 0.29) is 35.5 Å². The molecule has 0 radical (unpaired) electrons. The van der Waals surface area contributed by atoms with Gasteiger partial charge < -0.3 is 12.4 Å². The summed E-state index contributed by atoms with van der Waals surface area (Å²) in [4.78, 5) is 3.90. The second kappa shape index (κ2) is 5.26.